The summed E-state index contributed by atoms with van der Waals surface area (Å²) in [7, 11) is 0. The highest BCUT2D eigenvalue weighted by Gasteiger charge is 2.52. The van der Waals surface area contributed by atoms with Gasteiger partial charge in [0.05, 0.1) is 18.2 Å². The molecule has 1 aromatic heterocycles. The molecular formula is C13H20N4O2. The first-order chi connectivity index (χ1) is 9.15. The summed E-state index contributed by atoms with van der Waals surface area (Å²) in [4.78, 5) is 8.28. The zero-order valence-corrected chi connectivity index (χ0v) is 11.2. The predicted molar refractivity (Wildman–Crippen MR) is 71.0 cm³/mol. The highest BCUT2D eigenvalue weighted by Crippen LogP contribution is 2.39. The molecule has 1 saturated carbocycles. The highest BCUT2D eigenvalue weighted by molar-refractivity contribution is 5.40. The Kier molecular flexibility index (Phi) is 3.28. The number of rotatable bonds is 4. The molecule has 1 aliphatic carbocycles. The van der Waals surface area contributed by atoms with E-state index in [4.69, 9.17) is 15.2 Å². The maximum Gasteiger partial charge on any atom is 0.218 e. The zero-order valence-electron chi connectivity index (χ0n) is 11.2. The molecule has 2 fully saturated rings. The second-order valence-electron chi connectivity index (χ2n) is 5.44. The summed E-state index contributed by atoms with van der Waals surface area (Å²) in [5.74, 6) is 1.80. The molecule has 1 saturated heterocycles. The molecule has 6 heteroatoms. The van der Waals surface area contributed by atoms with Crippen molar-refractivity contribution in [2.45, 2.75) is 44.6 Å². The van der Waals surface area contributed by atoms with Crippen LogP contribution in [-0.4, -0.2) is 40.9 Å². The Morgan fingerprint density at radius 1 is 1.47 bits per heavy atom. The standard InChI is InChI=1S/C13H20N4O2/c1-7(2)19-10-5-9(15-6-16-10)17-12-11(14)8-3-4-18-13(8)12/h5-8,11-13H,3-4,14H2,1-2H3,(H,15,16,17). The lowest BCUT2D eigenvalue weighted by Gasteiger charge is -2.45. The second-order valence-corrected chi connectivity index (χ2v) is 5.44. The van der Waals surface area contributed by atoms with Crippen LogP contribution in [0.4, 0.5) is 5.82 Å². The molecule has 104 valence electrons. The molecule has 4 atom stereocenters. The maximum atomic E-state index is 6.16. The molecule has 1 aromatic rings. The molecular weight excluding hydrogens is 244 g/mol. The largest absolute Gasteiger partial charge is 0.475 e. The minimum absolute atomic E-state index is 0.0938. The van der Waals surface area contributed by atoms with Crippen molar-refractivity contribution in [2.75, 3.05) is 11.9 Å². The van der Waals surface area contributed by atoms with E-state index in [2.05, 4.69) is 15.3 Å². The first-order valence-corrected chi connectivity index (χ1v) is 6.77. The predicted octanol–water partition coefficient (Wildman–Crippen LogP) is 0.790. The average molecular weight is 264 g/mol. The van der Waals surface area contributed by atoms with Crippen molar-refractivity contribution in [3.63, 3.8) is 0 Å². The van der Waals surface area contributed by atoms with E-state index in [1.165, 1.54) is 6.33 Å². The molecule has 19 heavy (non-hydrogen) atoms. The van der Waals surface area contributed by atoms with Gasteiger partial charge in [-0.2, -0.15) is 0 Å². The van der Waals surface area contributed by atoms with Gasteiger partial charge in [-0.15, -0.1) is 0 Å². The minimum atomic E-state index is 0.0938. The molecule has 1 aliphatic heterocycles. The van der Waals surface area contributed by atoms with Crippen LogP contribution in [0.25, 0.3) is 0 Å². The number of fused-ring (bicyclic) bond motifs is 1. The van der Waals surface area contributed by atoms with Gasteiger partial charge in [-0.3, -0.25) is 0 Å². The third-order valence-corrected chi connectivity index (χ3v) is 3.76. The number of ether oxygens (including phenoxy) is 2. The Balaban J connectivity index is 1.66. The number of nitrogens with zero attached hydrogens (tertiary/aromatic N) is 2. The Hall–Kier alpha value is -1.40. The SMILES string of the molecule is CC(C)Oc1cc(NC2C(N)C3CCOC32)ncn1. The summed E-state index contributed by atoms with van der Waals surface area (Å²) in [6, 6.07) is 2.07. The van der Waals surface area contributed by atoms with Crippen LogP contribution in [0.5, 0.6) is 5.88 Å². The molecule has 0 amide bonds. The number of nitrogens with two attached hydrogens (primary N) is 1. The van der Waals surface area contributed by atoms with E-state index in [9.17, 15) is 0 Å². The fraction of sp³-hybridized carbons (Fsp3) is 0.692. The van der Waals surface area contributed by atoms with Crippen molar-refractivity contribution in [1.29, 1.82) is 0 Å². The van der Waals surface area contributed by atoms with Gasteiger partial charge in [0.2, 0.25) is 5.88 Å². The van der Waals surface area contributed by atoms with Gasteiger partial charge >= 0.3 is 0 Å². The first-order valence-electron chi connectivity index (χ1n) is 6.77. The number of hydrogen-bond acceptors (Lipinski definition) is 6. The fourth-order valence-electron chi connectivity index (χ4n) is 2.82. The lowest BCUT2D eigenvalue weighted by molar-refractivity contribution is 0.00522. The molecule has 2 aliphatic rings. The molecule has 0 bridgehead atoms. The van der Waals surface area contributed by atoms with Crippen LogP contribution in [0.3, 0.4) is 0 Å². The quantitative estimate of drug-likeness (QED) is 0.836. The second kappa shape index (κ2) is 4.94. The van der Waals surface area contributed by atoms with Crippen LogP contribution in [-0.2, 0) is 4.74 Å². The molecule has 0 spiro atoms. The van der Waals surface area contributed by atoms with E-state index >= 15 is 0 Å². The van der Waals surface area contributed by atoms with Crippen LogP contribution < -0.4 is 15.8 Å². The van der Waals surface area contributed by atoms with Crippen LogP contribution in [0, 0.1) is 5.92 Å². The molecule has 6 nitrogen and oxygen atoms in total. The first kappa shape index (κ1) is 12.6. The van der Waals surface area contributed by atoms with Crippen LogP contribution in [0.2, 0.25) is 0 Å². The number of hydrogen-bond donors (Lipinski definition) is 2. The van der Waals surface area contributed by atoms with Gasteiger partial charge in [-0.05, 0) is 20.3 Å². The van der Waals surface area contributed by atoms with E-state index in [1.54, 1.807) is 6.07 Å². The van der Waals surface area contributed by atoms with Crippen molar-refractivity contribution >= 4 is 5.82 Å². The summed E-state index contributed by atoms with van der Waals surface area (Å²) in [5.41, 5.74) is 6.16. The summed E-state index contributed by atoms with van der Waals surface area (Å²) in [6.07, 6.45) is 2.88. The molecule has 4 unspecified atom stereocenters. The Labute approximate surface area is 112 Å². The lowest BCUT2D eigenvalue weighted by atomic mass is 9.72. The van der Waals surface area contributed by atoms with Crippen LogP contribution in [0.15, 0.2) is 12.4 Å². The van der Waals surface area contributed by atoms with E-state index in [0.717, 1.165) is 18.8 Å². The van der Waals surface area contributed by atoms with Gasteiger partial charge < -0.3 is 20.5 Å². The normalized spacial score (nSPS) is 32.8. The Morgan fingerprint density at radius 2 is 2.32 bits per heavy atom. The molecule has 3 rings (SSSR count). The Bertz CT molecular complexity index is 454. The van der Waals surface area contributed by atoms with E-state index < -0.39 is 0 Å². The van der Waals surface area contributed by atoms with E-state index in [1.807, 2.05) is 13.8 Å². The van der Waals surface area contributed by atoms with Crippen molar-refractivity contribution in [3.8, 4) is 5.88 Å². The molecule has 2 heterocycles. The van der Waals surface area contributed by atoms with Crippen LogP contribution in [0.1, 0.15) is 20.3 Å². The van der Waals surface area contributed by atoms with Crippen molar-refractivity contribution in [3.05, 3.63) is 12.4 Å². The molecule has 0 radical (unpaired) electrons. The molecule has 3 N–H and O–H groups in total. The van der Waals surface area contributed by atoms with Gasteiger partial charge in [0.15, 0.2) is 0 Å². The monoisotopic (exact) mass is 264 g/mol. The minimum Gasteiger partial charge on any atom is -0.475 e. The van der Waals surface area contributed by atoms with E-state index in [-0.39, 0.29) is 24.3 Å². The van der Waals surface area contributed by atoms with Crippen molar-refractivity contribution in [2.24, 2.45) is 11.7 Å². The molecule has 0 aromatic carbocycles. The summed E-state index contributed by atoms with van der Waals surface area (Å²) >= 11 is 0. The summed E-state index contributed by atoms with van der Waals surface area (Å²) in [5, 5.41) is 3.33. The van der Waals surface area contributed by atoms with Gasteiger partial charge in [-0.25, -0.2) is 9.97 Å². The summed E-state index contributed by atoms with van der Waals surface area (Å²) in [6.45, 7) is 4.74. The Morgan fingerprint density at radius 3 is 3.11 bits per heavy atom. The van der Waals surface area contributed by atoms with E-state index in [0.29, 0.717) is 11.8 Å². The van der Waals surface area contributed by atoms with Crippen LogP contribution >= 0.6 is 0 Å². The number of anilines is 1. The average Bonchev–Trinajstić information content (AvgIpc) is 2.80. The third-order valence-electron chi connectivity index (χ3n) is 3.76. The maximum absolute atomic E-state index is 6.16. The van der Waals surface area contributed by atoms with Gasteiger partial charge in [0, 0.05) is 24.6 Å². The summed E-state index contributed by atoms with van der Waals surface area (Å²) < 4.78 is 11.2. The van der Waals surface area contributed by atoms with Gasteiger partial charge in [0.1, 0.15) is 12.1 Å². The zero-order chi connectivity index (χ0) is 13.4. The lowest BCUT2D eigenvalue weighted by Crippen LogP contribution is -2.65. The van der Waals surface area contributed by atoms with Crippen molar-refractivity contribution in [1.82, 2.24) is 9.97 Å². The number of nitrogens with one attached hydrogen (secondary N) is 1. The highest BCUT2D eigenvalue weighted by atomic mass is 16.5. The van der Waals surface area contributed by atoms with Crippen molar-refractivity contribution < 1.29 is 9.47 Å². The smallest absolute Gasteiger partial charge is 0.218 e. The van der Waals surface area contributed by atoms with Gasteiger partial charge in [0.25, 0.3) is 0 Å². The van der Waals surface area contributed by atoms with Gasteiger partial charge in [-0.1, -0.05) is 0 Å². The third kappa shape index (κ3) is 2.37. The fourth-order valence-corrected chi connectivity index (χ4v) is 2.82. The topological polar surface area (TPSA) is 82.3 Å². The number of aromatic nitrogens is 2.